The lowest BCUT2D eigenvalue weighted by atomic mass is 9.88. The predicted molar refractivity (Wildman–Crippen MR) is 123 cm³/mol. The maximum absolute atomic E-state index is 13.8. The molecule has 0 bridgehead atoms. The monoisotopic (exact) mass is 418 g/mol. The molecule has 1 aliphatic carbocycles. The fraction of sp³-hybridized carbons (Fsp3) is 0.250. The number of rotatable bonds is 4. The van der Waals surface area contributed by atoms with Gasteiger partial charge in [0.2, 0.25) is 0 Å². The molecule has 3 nitrogen and oxygen atoms in total. The molecule has 0 fully saturated rings. The van der Waals surface area contributed by atoms with Crippen molar-refractivity contribution < 1.29 is 0 Å². The zero-order valence-electron chi connectivity index (χ0n) is 16.3. The summed E-state index contributed by atoms with van der Waals surface area (Å²) in [5.41, 5.74) is 3.43. The second-order valence-corrected chi connectivity index (χ2v) is 9.58. The smallest absolute Gasteiger partial charge is 0.267 e. The molecule has 1 unspecified atom stereocenters. The second-order valence-electron chi connectivity index (χ2n) is 7.56. The van der Waals surface area contributed by atoms with Crippen molar-refractivity contribution in [2.45, 2.75) is 43.0 Å². The lowest BCUT2D eigenvalue weighted by molar-refractivity contribution is 0.601. The van der Waals surface area contributed by atoms with Crippen molar-refractivity contribution in [1.29, 1.82) is 0 Å². The predicted octanol–water partition coefficient (Wildman–Crippen LogP) is 6.18. The van der Waals surface area contributed by atoms with Crippen LogP contribution in [0.25, 0.3) is 15.9 Å². The van der Waals surface area contributed by atoms with Crippen molar-refractivity contribution in [2.75, 3.05) is 0 Å². The van der Waals surface area contributed by atoms with Gasteiger partial charge in [0.15, 0.2) is 5.16 Å². The van der Waals surface area contributed by atoms with Crippen molar-refractivity contribution in [3.63, 3.8) is 0 Å². The Morgan fingerprint density at radius 2 is 1.83 bits per heavy atom. The molecule has 146 valence electrons. The van der Waals surface area contributed by atoms with E-state index in [0.29, 0.717) is 5.92 Å². The molecule has 2 aromatic carbocycles. The number of hydrogen-bond acceptors (Lipinski definition) is 4. The Kier molecular flexibility index (Phi) is 5.02. The fourth-order valence-corrected chi connectivity index (χ4v) is 6.49. The van der Waals surface area contributed by atoms with Gasteiger partial charge < -0.3 is 0 Å². The molecule has 5 heteroatoms. The Hall–Kier alpha value is -2.37. The summed E-state index contributed by atoms with van der Waals surface area (Å²) >= 11 is 3.35. The molecular formula is C24H22N2OS2. The number of aryl methyl sites for hydroxylation is 1. The van der Waals surface area contributed by atoms with Gasteiger partial charge in [-0.1, -0.05) is 67.2 Å². The fourth-order valence-electron chi connectivity index (χ4n) is 4.14. The zero-order valence-corrected chi connectivity index (χ0v) is 17.9. The summed E-state index contributed by atoms with van der Waals surface area (Å²) in [6.07, 6.45) is 3.41. The molecule has 1 aliphatic rings. The highest BCUT2D eigenvalue weighted by Gasteiger charge is 2.26. The van der Waals surface area contributed by atoms with Crippen LogP contribution in [0.5, 0.6) is 0 Å². The lowest BCUT2D eigenvalue weighted by Crippen LogP contribution is -2.22. The summed E-state index contributed by atoms with van der Waals surface area (Å²) in [5, 5.41) is 1.61. The standard InChI is InChI=1S/C24H22N2OS2/c1-16-9-8-14-19-20(16)21-22(29-19)25-24(28-15-17-10-4-2-5-11-17)26(23(21)27)18-12-6-3-7-13-18/h2-7,10-13,16H,8-9,14-15H2,1H3. The summed E-state index contributed by atoms with van der Waals surface area (Å²) in [5.74, 6) is 1.21. The van der Waals surface area contributed by atoms with Gasteiger partial charge in [0.25, 0.3) is 5.56 Å². The summed E-state index contributed by atoms with van der Waals surface area (Å²) in [4.78, 5) is 21.0. The first-order chi connectivity index (χ1) is 14.2. The Bertz CT molecular complexity index is 1210. The van der Waals surface area contributed by atoms with Gasteiger partial charge in [0.05, 0.1) is 11.1 Å². The third-order valence-electron chi connectivity index (χ3n) is 5.57. The highest BCUT2D eigenvalue weighted by molar-refractivity contribution is 7.98. The van der Waals surface area contributed by atoms with Crippen LogP contribution < -0.4 is 5.56 Å². The van der Waals surface area contributed by atoms with E-state index in [1.807, 2.05) is 53.1 Å². The van der Waals surface area contributed by atoms with E-state index in [4.69, 9.17) is 4.98 Å². The molecular weight excluding hydrogens is 396 g/mol. The number of thioether (sulfide) groups is 1. The average Bonchev–Trinajstić information content (AvgIpc) is 3.14. The Balaban J connectivity index is 1.70. The molecule has 29 heavy (non-hydrogen) atoms. The Morgan fingerprint density at radius 3 is 2.59 bits per heavy atom. The molecule has 0 saturated carbocycles. The summed E-state index contributed by atoms with van der Waals surface area (Å²) < 4.78 is 1.81. The van der Waals surface area contributed by atoms with E-state index in [1.54, 1.807) is 23.1 Å². The van der Waals surface area contributed by atoms with E-state index in [1.165, 1.54) is 22.4 Å². The topological polar surface area (TPSA) is 34.9 Å². The van der Waals surface area contributed by atoms with E-state index < -0.39 is 0 Å². The normalized spacial score (nSPS) is 16.1. The van der Waals surface area contributed by atoms with Gasteiger partial charge in [-0.3, -0.25) is 9.36 Å². The molecule has 2 aromatic heterocycles. The van der Waals surface area contributed by atoms with Gasteiger partial charge in [-0.15, -0.1) is 11.3 Å². The van der Waals surface area contributed by atoms with Crippen LogP contribution in [0.2, 0.25) is 0 Å². The van der Waals surface area contributed by atoms with Crippen LogP contribution in [0, 0.1) is 0 Å². The van der Waals surface area contributed by atoms with Gasteiger partial charge in [-0.2, -0.15) is 0 Å². The highest BCUT2D eigenvalue weighted by atomic mass is 32.2. The van der Waals surface area contributed by atoms with Crippen LogP contribution in [0.4, 0.5) is 0 Å². The highest BCUT2D eigenvalue weighted by Crippen LogP contribution is 2.41. The van der Waals surface area contributed by atoms with Gasteiger partial charge in [-0.25, -0.2) is 4.98 Å². The number of para-hydroxylation sites is 1. The second kappa shape index (κ2) is 7.81. The van der Waals surface area contributed by atoms with E-state index in [-0.39, 0.29) is 5.56 Å². The van der Waals surface area contributed by atoms with Gasteiger partial charge in [-0.05, 0) is 48.4 Å². The summed E-state index contributed by atoms with van der Waals surface area (Å²) in [7, 11) is 0. The number of benzene rings is 2. The van der Waals surface area contributed by atoms with Crippen molar-refractivity contribution in [1.82, 2.24) is 9.55 Å². The zero-order chi connectivity index (χ0) is 19.8. The number of nitrogens with zero attached hydrogens (tertiary/aromatic N) is 2. The van der Waals surface area contributed by atoms with E-state index >= 15 is 0 Å². The largest absolute Gasteiger partial charge is 0.268 e. The first-order valence-electron chi connectivity index (χ1n) is 10.0. The summed E-state index contributed by atoms with van der Waals surface area (Å²) in [6, 6.07) is 20.3. The number of hydrogen-bond donors (Lipinski definition) is 0. The maximum Gasteiger partial charge on any atom is 0.267 e. The molecule has 2 heterocycles. The van der Waals surface area contributed by atoms with E-state index in [0.717, 1.165) is 39.7 Å². The van der Waals surface area contributed by atoms with Gasteiger partial charge in [0, 0.05) is 10.6 Å². The van der Waals surface area contributed by atoms with Crippen LogP contribution in [0.1, 0.15) is 41.7 Å². The summed E-state index contributed by atoms with van der Waals surface area (Å²) in [6.45, 7) is 2.24. The van der Waals surface area contributed by atoms with Crippen LogP contribution in [0.15, 0.2) is 70.6 Å². The van der Waals surface area contributed by atoms with Crippen molar-refractivity contribution in [2.24, 2.45) is 0 Å². The molecule has 0 saturated heterocycles. The minimum Gasteiger partial charge on any atom is -0.268 e. The van der Waals surface area contributed by atoms with E-state index in [2.05, 4.69) is 19.1 Å². The Labute approximate surface area is 178 Å². The Morgan fingerprint density at radius 1 is 1.10 bits per heavy atom. The first-order valence-corrected chi connectivity index (χ1v) is 11.8. The number of aromatic nitrogens is 2. The molecule has 0 amide bonds. The van der Waals surface area contributed by atoms with Gasteiger partial charge >= 0.3 is 0 Å². The SMILES string of the molecule is CC1CCCc2sc3nc(SCc4ccccc4)n(-c4ccccc4)c(=O)c3c21. The van der Waals surface area contributed by atoms with Gasteiger partial charge in [0.1, 0.15) is 4.83 Å². The third-order valence-corrected chi connectivity index (χ3v) is 7.74. The molecule has 0 spiro atoms. The first kappa shape index (κ1) is 18.6. The van der Waals surface area contributed by atoms with Crippen molar-refractivity contribution >= 4 is 33.3 Å². The van der Waals surface area contributed by atoms with Crippen LogP contribution >= 0.6 is 23.1 Å². The minimum atomic E-state index is 0.0722. The van der Waals surface area contributed by atoms with Crippen molar-refractivity contribution in [3.8, 4) is 5.69 Å². The molecule has 5 rings (SSSR count). The number of fused-ring (bicyclic) bond motifs is 3. The van der Waals surface area contributed by atoms with Crippen molar-refractivity contribution in [3.05, 3.63) is 87.0 Å². The van der Waals surface area contributed by atoms with E-state index in [9.17, 15) is 4.79 Å². The van der Waals surface area contributed by atoms with Crippen LogP contribution in [-0.2, 0) is 12.2 Å². The lowest BCUT2D eigenvalue weighted by Gasteiger charge is -2.19. The van der Waals surface area contributed by atoms with Crippen LogP contribution in [0.3, 0.4) is 0 Å². The molecule has 1 atom stereocenters. The minimum absolute atomic E-state index is 0.0722. The third kappa shape index (κ3) is 3.43. The van der Waals surface area contributed by atoms with Crippen LogP contribution in [-0.4, -0.2) is 9.55 Å². The molecule has 0 N–H and O–H groups in total. The molecule has 0 radical (unpaired) electrons. The maximum atomic E-state index is 13.8. The average molecular weight is 419 g/mol. The quantitative estimate of drug-likeness (QED) is 0.293. The molecule has 4 aromatic rings. The number of thiophene rings is 1. The molecule has 0 aliphatic heterocycles.